The lowest BCUT2D eigenvalue weighted by molar-refractivity contribution is 0.403. The number of halogens is 2. The number of rotatable bonds is 4. The van der Waals surface area contributed by atoms with Crippen molar-refractivity contribution in [2.75, 3.05) is 7.11 Å². The van der Waals surface area contributed by atoms with E-state index in [1.165, 1.54) is 12.1 Å². The van der Waals surface area contributed by atoms with Crippen LogP contribution in [0.15, 0.2) is 18.2 Å². The summed E-state index contributed by atoms with van der Waals surface area (Å²) in [6.45, 7) is 4.21. The molecule has 0 saturated carbocycles. The van der Waals surface area contributed by atoms with Crippen LogP contribution in [0.5, 0.6) is 0 Å². The van der Waals surface area contributed by atoms with Crippen LogP contribution in [0.4, 0.5) is 8.78 Å². The van der Waals surface area contributed by atoms with Crippen LogP contribution in [0.1, 0.15) is 5.56 Å². The number of benzene rings is 1. The van der Waals surface area contributed by atoms with Gasteiger partial charge in [0.15, 0.2) is 20.0 Å². The summed E-state index contributed by atoms with van der Waals surface area (Å²) in [5.41, 5.74) is 0.825. The first-order valence-corrected chi connectivity index (χ1v) is 8.05. The summed E-state index contributed by atoms with van der Waals surface area (Å²) in [7, 11) is 0.0986. The SMILES string of the molecule is CO[Si](C)(C)CCc1ccc(F)c(F)c1. The highest BCUT2D eigenvalue weighted by Crippen LogP contribution is 2.16. The van der Waals surface area contributed by atoms with Crippen molar-refractivity contribution in [3.63, 3.8) is 0 Å². The Hall–Kier alpha value is -0.743. The molecule has 0 radical (unpaired) electrons. The van der Waals surface area contributed by atoms with Gasteiger partial charge in [-0.1, -0.05) is 6.07 Å². The molecule has 84 valence electrons. The molecule has 0 saturated heterocycles. The third-order valence-corrected chi connectivity index (χ3v) is 5.11. The van der Waals surface area contributed by atoms with Crippen LogP contribution in [0, 0.1) is 11.6 Å². The molecule has 1 rings (SSSR count). The Morgan fingerprint density at radius 3 is 2.40 bits per heavy atom. The lowest BCUT2D eigenvalue weighted by Crippen LogP contribution is -2.28. The largest absolute Gasteiger partial charge is 0.420 e. The standard InChI is InChI=1S/C11H16F2OSi/c1-14-15(2,3)7-6-9-4-5-10(12)11(13)8-9/h4-5,8H,6-7H2,1-3H3. The van der Waals surface area contributed by atoms with Gasteiger partial charge in [-0.05, 0) is 43.3 Å². The molecule has 0 aliphatic heterocycles. The van der Waals surface area contributed by atoms with Gasteiger partial charge < -0.3 is 4.43 Å². The Balaban J connectivity index is 2.62. The summed E-state index contributed by atoms with van der Waals surface area (Å²) >= 11 is 0. The summed E-state index contributed by atoms with van der Waals surface area (Å²) < 4.78 is 30.9. The van der Waals surface area contributed by atoms with Crippen LogP contribution in [0.2, 0.25) is 19.1 Å². The summed E-state index contributed by atoms with van der Waals surface area (Å²) in [5, 5.41) is 0. The quantitative estimate of drug-likeness (QED) is 0.721. The van der Waals surface area contributed by atoms with Gasteiger partial charge in [-0.3, -0.25) is 0 Å². The van der Waals surface area contributed by atoms with Crippen LogP contribution in [-0.4, -0.2) is 15.4 Å². The maximum Gasteiger partial charge on any atom is 0.186 e. The Labute approximate surface area is 90.2 Å². The molecule has 0 heterocycles. The molecular formula is C11H16F2OSi. The summed E-state index contributed by atoms with van der Waals surface area (Å²) in [6.07, 6.45) is 0.740. The van der Waals surface area contributed by atoms with Crippen LogP contribution in [0.25, 0.3) is 0 Å². The van der Waals surface area contributed by atoms with Crippen LogP contribution in [-0.2, 0) is 10.8 Å². The van der Waals surface area contributed by atoms with E-state index >= 15 is 0 Å². The van der Waals surface area contributed by atoms with Crippen molar-refractivity contribution in [3.8, 4) is 0 Å². The van der Waals surface area contributed by atoms with E-state index in [-0.39, 0.29) is 0 Å². The highest BCUT2D eigenvalue weighted by atomic mass is 28.4. The smallest absolute Gasteiger partial charge is 0.186 e. The summed E-state index contributed by atoms with van der Waals surface area (Å²) in [6, 6.07) is 4.97. The highest BCUT2D eigenvalue weighted by molar-refractivity contribution is 6.71. The van der Waals surface area contributed by atoms with E-state index in [1.807, 2.05) is 0 Å². The Morgan fingerprint density at radius 1 is 1.20 bits per heavy atom. The monoisotopic (exact) mass is 230 g/mol. The average molecular weight is 230 g/mol. The van der Waals surface area contributed by atoms with Crippen LogP contribution in [0.3, 0.4) is 0 Å². The molecule has 4 heteroatoms. The maximum absolute atomic E-state index is 12.9. The fraction of sp³-hybridized carbons (Fsp3) is 0.455. The van der Waals surface area contributed by atoms with Crippen molar-refractivity contribution in [1.29, 1.82) is 0 Å². The van der Waals surface area contributed by atoms with Crippen molar-refractivity contribution in [2.45, 2.75) is 25.6 Å². The Kier molecular flexibility index (Phi) is 3.99. The highest BCUT2D eigenvalue weighted by Gasteiger charge is 2.20. The van der Waals surface area contributed by atoms with Crippen molar-refractivity contribution in [3.05, 3.63) is 35.4 Å². The van der Waals surface area contributed by atoms with Crippen LogP contribution < -0.4 is 0 Å². The van der Waals surface area contributed by atoms with Gasteiger partial charge >= 0.3 is 0 Å². The van der Waals surface area contributed by atoms with E-state index in [9.17, 15) is 8.78 Å². The molecule has 0 amide bonds. The number of aryl methyl sites for hydroxylation is 1. The fourth-order valence-electron chi connectivity index (χ4n) is 1.24. The third kappa shape index (κ3) is 3.72. The molecule has 1 aromatic rings. The Bertz CT molecular complexity index is 339. The van der Waals surface area contributed by atoms with E-state index in [4.69, 9.17) is 4.43 Å². The van der Waals surface area contributed by atoms with Gasteiger partial charge in [0.25, 0.3) is 0 Å². The van der Waals surface area contributed by atoms with Crippen molar-refractivity contribution in [2.24, 2.45) is 0 Å². The van der Waals surface area contributed by atoms with E-state index in [2.05, 4.69) is 13.1 Å². The third-order valence-electron chi connectivity index (χ3n) is 2.55. The molecule has 0 atom stereocenters. The molecule has 0 aliphatic carbocycles. The van der Waals surface area contributed by atoms with Gasteiger partial charge in [0, 0.05) is 7.11 Å². The van der Waals surface area contributed by atoms with E-state index in [0.717, 1.165) is 18.0 Å². The molecular weight excluding hydrogens is 214 g/mol. The molecule has 1 nitrogen and oxygen atoms in total. The lowest BCUT2D eigenvalue weighted by Gasteiger charge is -2.19. The normalized spacial score (nSPS) is 11.8. The zero-order chi connectivity index (χ0) is 11.5. The van der Waals surface area contributed by atoms with Gasteiger partial charge in [0.2, 0.25) is 0 Å². The fourth-order valence-corrected chi connectivity index (χ4v) is 2.34. The molecule has 15 heavy (non-hydrogen) atoms. The Morgan fingerprint density at radius 2 is 1.87 bits per heavy atom. The first-order valence-electron chi connectivity index (χ1n) is 4.94. The van der Waals surface area contributed by atoms with Gasteiger partial charge in [0.1, 0.15) is 0 Å². The maximum atomic E-state index is 12.9. The second-order valence-corrected chi connectivity index (χ2v) is 8.64. The molecule has 1 aromatic carbocycles. The number of hydrogen-bond acceptors (Lipinski definition) is 1. The minimum Gasteiger partial charge on any atom is -0.420 e. The predicted octanol–water partition coefficient (Wildman–Crippen LogP) is 3.36. The van der Waals surface area contributed by atoms with Gasteiger partial charge in [0.05, 0.1) is 0 Å². The van der Waals surface area contributed by atoms with Gasteiger partial charge in [-0.15, -0.1) is 0 Å². The lowest BCUT2D eigenvalue weighted by atomic mass is 10.2. The van der Waals surface area contributed by atoms with E-state index in [0.29, 0.717) is 0 Å². The molecule has 0 spiro atoms. The van der Waals surface area contributed by atoms with Crippen molar-refractivity contribution >= 4 is 8.32 Å². The minimum atomic E-state index is -1.61. The molecule has 0 N–H and O–H groups in total. The zero-order valence-electron chi connectivity index (χ0n) is 9.31. The molecule has 0 bridgehead atoms. The van der Waals surface area contributed by atoms with E-state index in [1.54, 1.807) is 13.2 Å². The average Bonchev–Trinajstić information content (AvgIpc) is 2.20. The van der Waals surface area contributed by atoms with Crippen molar-refractivity contribution in [1.82, 2.24) is 0 Å². The van der Waals surface area contributed by atoms with Gasteiger partial charge in [-0.2, -0.15) is 0 Å². The first kappa shape index (κ1) is 12.3. The molecule has 0 aliphatic rings. The topological polar surface area (TPSA) is 9.23 Å². The second kappa shape index (κ2) is 4.85. The van der Waals surface area contributed by atoms with Gasteiger partial charge in [-0.25, -0.2) is 8.78 Å². The molecule has 0 unspecified atom stereocenters. The van der Waals surface area contributed by atoms with Crippen molar-refractivity contribution < 1.29 is 13.2 Å². The predicted molar refractivity (Wildman–Crippen MR) is 59.4 cm³/mol. The summed E-state index contributed by atoms with van der Waals surface area (Å²) in [4.78, 5) is 0. The molecule has 0 fully saturated rings. The minimum absolute atomic E-state index is 0.740. The molecule has 0 aromatic heterocycles. The van der Waals surface area contributed by atoms with Crippen LogP contribution >= 0.6 is 0 Å². The first-order chi connectivity index (χ1) is 6.94. The van der Waals surface area contributed by atoms with E-state index < -0.39 is 20.0 Å². The summed E-state index contributed by atoms with van der Waals surface area (Å²) in [5.74, 6) is -1.56. The number of hydrogen-bond donors (Lipinski definition) is 0. The zero-order valence-corrected chi connectivity index (χ0v) is 10.3. The second-order valence-electron chi connectivity index (χ2n) is 4.21.